The third kappa shape index (κ3) is 14.6. The van der Waals surface area contributed by atoms with Crippen molar-refractivity contribution < 1.29 is 52.9 Å². The number of cyclic esters (lactones) is 2. The molecule has 13 heteroatoms. The van der Waals surface area contributed by atoms with Crippen LogP contribution >= 0.6 is 23.2 Å². The van der Waals surface area contributed by atoms with Crippen molar-refractivity contribution in [3.05, 3.63) is 0 Å². The summed E-state index contributed by atoms with van der Waals surface area (Å²) in [5.74, 6) is -3.14. The third-order valence-electron chi connectivity index (χ3n) is 4.11. The maximum Gasteiger partial charge on any atom is 0.335 e. The fourth-order valence-corrected chi connectivity index (χ4v) is 2.42. The van der Waals surface area contributed by atoms with Crippen LogP contribution < -0.4 is 0 Å². The van der Waals surface area contributed by atoms with E-state index in [-0.39, 0.29) is 42.5 Å². The quantitative estimate of drug-likeness (QED) is 0.231. The predicted molar refractivity (Wildman–Crippen MR) is 119 cm³/mol. The summed E-state index contributed by atoms with van der Waals surface area (Å²) in [5.41, 5.74) is 0. The summed E-state index contributed by atoms with van der Waals surface area (Å²) in [6.07, 6.45) is 1.24. The number of carboxylic acid groups (broad SMARTS) is 1. The number of ether oxygens (including phenoxy) is 3. The number of esters is 3. The van der Waals surface area contributed by atoms with Crippen molar-refractivity contribution >= 4 is 64.4 Å². The van der Waals surface area contributed by atoms with Crippen LogP contribution in [-0.4, -0.2) is 76.4 Å². The van der Waals surface area contributed by atoms with E-state index in [1.54, 1.807) is 0 Å². The number of ketones is 3. The van der Waals surface area contributed by atoms with Crippen molar-refractivity contribution in [2.24, 2.45) is 5.92 Å². The Bertz CT molecular complexity index is 762. The second kappa shape index (κ2) is 17.0. The van der Waals surface area contributed by atoms with Crippen LogP contribution in [0.25, 0.3) is 0 Å². The summed E-state index contributed by atoms with van der Waals surface area (Å²) in [6, 6.07) is 0. The van der Waals surface area contributed by atoms with E-state index in [2.05, 4.69) is 14.2 Å². The molecule has 0 spiro atoms. The average Bonchev–Trinajstić information content (AvgIpc) is 3.28. The Hall–Kier alpha value is -2.53. The lowest BCUT2D eigenvalue weighted by molar-refractivity contribution is -0.145. The van der Waals surface area contributed by atoms with E-state index in [4.69, 9.17) is 33.1 Å². The Labute approximate surface area is 207 Å². The highest BCUT2D eigenvalue weighted by Gasteiger charge is 2.47. The standard InChI is InChI=1S/C7H11ClO3.C6H7ClO3.C6H8O3.C2H4O2/c1-5(9)7(8)3-4-11-6(2)10;1-4(8)6(7)2-3-10-5(6)9;1-4(7)5-2-3-9-6(5)8;1-2(3)4/h7H,3-4H2,1-2H3;2-3H2,1H3;5H,2-3H2,1H3;1H3,(H,3,4). The van der Waals surface area contributed by atoms with Gasteiger partial charge < -0.3 is 19.3 Å². The molecular formula is C21H30Cl2O11. The monoisotopic (exact) mass is 528 g/mol. The second-order valence-corrected chi connectivity index (χ2v) is 8.26. The first-order chi connectivity index (χ1) is 15.6. The van der Waals surface area contributed by atoms with Gasteiger partial charge in [-0.15, -0.1) is 11.6 Å². The number of rotatable bonds is 6. The van der Waals surface area contributed by atoms with Gasteiger partial charge in [-0.1, -0.05) is 11.6 Å². The van der Waals surface area contributed by atoms with Gasteiger partial charge in [-0.05, 0) is 20.8 Å². The number of aliphatic carboxylic acids is 1. The molecular weight excluding hydrogens is 499 g/mol. The van der Waals surface area contributed by atoms with Crippen LogP contribution in [-0.2, 0) is 47.8 Å². The van der Waals surface area contributed by atoms with Crippen molar-refractivity contribution in [1.29, 1.82) is 0 Å². The highest BCUT2D eigenvalue weighted by Crippen LogP contribution is 2.28. The number of carbonyl (C=O) groups is 7. The number of carboxylic acids is 1. The average molecular weight is 529 g/mol. The van der Waals surface area contributed by atoms with Crippen molar-refractivity contribution in [2.45, 2.75) is 64.1 Å². The van der Waals surface area contributed by atoms with Gasteiger partial charge in [-0.2, -0.15) is 0 Å². The van der Waals surface area contributed by atoms with Gasteiger partial charge in [0.05, 0.1) is 25.2 Å². The van der Waals surface area contributed by atoms with Gasteiger partial charge >= 0.3 is 17.9 Å². The molecule has 0 bridgehead atoms. The lowest BCUT2D eigenvalue weighted by Crippen LogP contribution is -2.35. The van der Waals surface area contributed by atoms with Gasteiger partial charge in [-0.3, -0.25) is 28.8 Å². The fraction of sp³-hybridized carbons (Fsp3) is 0.667. The lowest BCUT2D eigenvalue weighted by Gasteiger charge is -2.09. The van der Waals surface area contributed by atoms with Crippen LogP contribution in [0.5, 0.6) is 0 Å². The molecule has 2 heterocycles. The van der Waals surface area contributed by atoms with Crippen LogP contribution in [0.4, 0.5) is 0 Å². The van der Waals surface area contributed by atoms with E-state index in [1.807, 2.05) is 0 Å². The summed E-state index contributed by atoms with van der Waals surface area (Å²) >= 11 is 11.2. The van der Waals surface area contributed by atoms with E-state index >= 15 is 0 Å². The Kier molecular flexibility index (Phi) is 16.8. The first-order valence-corrected chi connectivity index (χ1v) is 10.9. The van der Waals surface area contributed by atoms with Crippen LogP contribution in [0.15, 0.2) is 0 Å². The molecule has 2 aliphatic rings. The van der Waals surface area contributed by atoms with E-state index < -0.39 is 28.1 Å². The van der Waals surface area contributed by atoms with Gasteiger partial charge in [-0.25, -0.2) is 4.79 Å². The molecule has 0 aromatic carbocycles. The molecule has 2 aliphatic heterocycles. The van der Waals surface area contributed by atoms with E-state index in [0.29, 0.717) is 25.9 Å². The molecule has 194 valence electrons. The largest absolute Gasteiger partial charge is 0.481 e. The van der Waals surface area contributed by atoms with Crippen LogP contribution in [0.2, 0.25) is 0 Å². The zero-order valence-electron chi connectivity index (χ0n) is 19.7. The van der Waals surface area contributed by atoms with E-state index in [9.17, 15) is 28.8 Å². The molecule has 34 heavy (non-hydrogen) atoms. The molecule has 3 atom stereocenters. The Morgan fingerprint density at radius 1 is 1.06 bits per heavy atom. The first kappa shape index (κ1) is 33.6. The van der Waals surface area contributed by atoms with Crippen LogP contribution in [0, 0.1) is 5.92 Å². The minimum Gasteiger partial charge on any atom is -0.481 e. The summed E-state index contributed by atoms with van der Waals surface area (Å²) in [6.45, 7) is 7.38. The second-order valence-electron chi connectivity index (χ2n) is 7.09. The minimum absolute atomic E-state index is 0.0856. The van der Waals surface area contributed by atoms with Gasteiger partial charge in [0.25, 0.3) is 5.97 Å². The normalized spacial score (nSPS) is 21.0. The molecule has 0 aliphatic carbocycles. The van der Waals surface area contributed by atoms with Crippen LogP contribution in [0.3, 0.4) is 0 Å². The van der Waals surface area contributed by atoms with E-state index in [1.165, 1.54) is 27.7 Å². The smallest absolute Gasteiger partial charge is 0.335 e. The van der Waals surface area contributed by atoms with Crippen molar-refractivity contribution in [3.8, 4) is 0 Å². The maximum absolute atomic E-state index is 10.8. The number of alkyl halides is 2. The summed E-state index contributed by atoms with van der Waals surface area (Å²) in [7, 11) is 0. The molecule has 2 rings (SSSR count). The number of hydrogen-bond donors (Lipinski definition) is 1. The topological polar surface area (TPSA) is 167 Å². The molecule has 0 radical (unpaired) electrons. The molecule has 3 unspecified atom stereocenters. The van der Waals surface area contributed by atoms with Crippen LogP contribution in [0.1, 0.15) is 53.9 Å². The van der Waals surface area contributed by atoms with Gasteiger partial charge in [0.1, 0.15) is 17.5 Å². The van der Waals surface area contributed by atoms with E-state index in [0.717, 1.165) is 6.92 Å². The highest BCUT2D eigenvalue weighted by molar-refractivity contribution is 6.45. The molecule has 11 nitrogen and oxygen atoms in total. The van der Waals surface area contributed by atoms with Crippen molar-refractivity contribution in [3.63, 3.8) is 0 Å². The van der Waals surface area contributed by atoms with Crippen molar-refractivity contribution in [2.75, 3.05) is 19.8 Å². The highest BCUT2D eigenvalue weighted by atomic mass is 35.5. The Morgan fingerprint density at radius 2 is 1.59 bits per heavy atom. The predicted octanol–water partition coefficient (Wildman–Crippen LogP) is 1.87. The molecule has 0 saturated carbocycles. The molecule has 0 aromatic heterocycles. The molecule has 2 fully saturated rings. The first-order valence-electron chi connectivity index (χ1n) is 10.1. The number of halogens is 2. The maximum atomic E-state index is 10.8. The molecule has 1 N–H and O–H groups in total. The summed E-state index contributed by atoms with van der Waals surface area (Å²) in [5, 5.41) is 6.88. The Morgan fingerprint density at radius 3 is 1.82 bits per heavy atom. The fourth-order valence-electron chi connectivity index (χ4n) is 2.20. The van der Waals surface area contributed by atoms with Crippen molar-refractivity contribution in [1.82, 2.24) is 0 Å². The lowest BCUT2D eigenvalue weighted by atomic mass is 10.0. The third-order valence-corrected chi connectivity index (χ3v) is 5.24. The SMILES string of the molecule is CC(=O)C1(Cl)CCOC1=O.CC(=O)C1CCOC1=O.CC(=O)O.CC(=O)OCCC(Cl)C(C)=O. The number of Topliss-reactive ketones (excluding diaryl/α,β-unsaturated/α-hetero) is 3. The molecule has 0 amide bonds. The minimum atomic E-state index is -1.38. The zero-order chi connectivity index (χ0) is 27.1. The number of hydrogen-bond acceptors (Lipinski definition) is 10. The molecule has 0 aromatic rings. The zero-order valence-corrected chi connectivity index (χ0v) is 21.2. The Balaban J connectivity index is 0. The number of carbonyl (C=O) groups excluding carboxylic acids is 6. The summed E-state index contributed by atoms with van der Waals surface area (Å²) in [4.78, 5) is 71.1. The summed E-state index contributed by atoms with van der Waals surface area (Å²) < 4.78 is 13.7. The van der Waals surface area contributed by atoms with Gasteiger partial charge in [0.15, 0.2) is 5.78 Å². The van der Waals surface area contributed by atoms with Gasteiger partial charge in [0.2, 0.25) is 4.87 Å². The molecule has 2 saturated heterocycles. The van der Waals surface area contributed by atoms with Gasteiger partial charge in [0, 0.05) is 33.1 Å².